The molecule has 128 valence electrons. The maximum Gasteiger partial charge on any atom is 0.259 e. The molecule has 3 aromatic rings. The van der Waals surface area contributed by atoms with E-state index in [1.54, 1.807) is 6.07 Å². The number of hydrogen-bond acceptors (Lipinski definition) is 2. The molecule has 3 rings (SSSR count). The van der Waals surface area contributed by atoms with E-state index in [9.17, 15) is 9.18 Å². The highest BCUT2D eigenvalue weighted by Gasteiger charge is 2.17. The number of halogens is 2. The summed E-state index contributed by atoms with van der Waals surface area (Å²) < 4.78 is 16.4. The number of anilines is 1. The molecule has 0 saturated carbocycles. The molecule has 2 aromatic carbocycles. The molecule has 25 heavy (non-hydrogen) atoms. The second kappa shape index (κ2) is 7.61. The zero-order valence-corrected chi connectivity index (χ0v) is 15.3. The van der Waals surface area contributed by atoms with Crippen LogP contribution in [-0.2, 0) is 13.0 Å². The lowest BCUT2D eigenvalue weighted by molar-refractivity contribution is 0.102. The van der Waals surface area contributed by atoms with Gasteiger partial charge in [-0.15, -0.1) is 0 Å². The monoisotopic (exact) mass is 401 g/mol. The molecule has 0 atom stereocenters. The first-order valence-electron chi connectivity index (χ1n) is 7.93. The van der Waals surface area contributed by atoms with Crippen molar-refractivity contribution in [2.24, 2.45) is 0 Å². The van der Waals surface area contributed by atoms with Gasteiger partial charge < -0.3 is 5.32 Å². The van der Waals surface area contributed by atoms with Crippen LogP contribution in [0.25, 0.3) is 0 Å². The SMILES string of the molecule is CCc1c(C(=O)Nc2ccc(Br)cc2F)cnn1Cc1ccccc1. The molecular weight excluding hydrogens is 385 g/mol. The summed E-state index contributed by atoms with van der Waals surface area (Å²) in [6, 6.07) is 14.4. The number of amides is 1. The maximum atomic E-state index is 13.9. The summed E-state index contributed by atoms with van der Waals surface area (Å²) >= 11 is 3.20. The van der Waals surface area contributed by atoms with Crippen molar-refractivity contribution in [3.8, 4) is 0 Å². The number of carbonyl (C=O) groups is 1. The molecule has 4 nitrogen and oxygen atoms in total. The van der Waals surface area contributed by atoms with Crippen molar-refractivity contribution in [3.05, 3.63) is 81.8 Å². The number of carbonyl (C=O) groups excluding carboxylic acids is 1. The van der Waals surface area contributed by atoms with Crippen molar-refractivity contribution in [2.45, 2.75) is 19.9 Å². The van der Waals surface area contributed by atoms with Crippen LogP contribution < -0.4 is 5.32 Å². The second-order valence-corrected chi connectivity index (χ2v) is 6.50. The fourth-order valence-corrected chi connectivity index (χ4v) is 2.98. The summed E-state index contributed by atoms with van der Waals surface area (Å²) in [5.74, 6) is -0.852. The second-order valence-electron chi connectivity index (χ2n) is 5.58. The third-order valence-electron chi connectivity index (χ3n) is 3.88. The van der Waals surface area contributed by atoms with Gasteiger partial charge in [0.1, 0.15) is 5.82 Å². The van der Waals surface area contributed by atoms with Gasteiger partial charge in [-0.1, -0.05) is 53.2 Å². The molecule has 0 aliphatic heterocycles. The lowest BCUT2D eigenvalue weighted by Crippen LogP contribution is -2.15. The van der Waals surface area contributed by atoms with Crippen LogP contribution in [0, 0.1) is 5.82 Å². The Labute approximate surface area is 153 Å². The van der Waals surface area contributed by atoms with Gasteiger partial charge >= 0.3 is 0 Å². The largest absolute Gasteiger partial charge is 0.319 e. The van der Waals surface area contributed by atoms with E-state index in [0.29, 0.717) is 23.0 Å². The summed E-state index contributed by atoms with van der Waals surface area (Å²) in [6.45, 7) is 2.55. The Kier molecular flexibility index (Phi) is 5.28. The van der Waals surface area contributed by atoms with E-state index >= 15 is 0 Å². The van der Waals surface area contributed by atoms with Gasteiger partial charge in [-0.2, -0.15) is 5.10 Å². The van der Waals surface area contributed by atoms with Gasteiger partial charge in [-0.05, 0) is 30.2 Å². The third-order valence-corrected chi connectivity index (χ3v) is 4.38. The number of hydrogen-bond donors (Lipinski definition) is 1. The van der Waals surface area contributed by atoms with Crippen molar-refractivity contribution < 1.29 is 9.18 Å². The molecule has 0 unspecified atom stereocenters. The fourth-order valence-electron chi connectivity index (χ4n) is 2.65. The van der Waals surface area contributed by atoms with Crippen LogP contribution in [0.5, 0.6) is 0 Å². The highest BCUT2D eigenvalue weighted by Crippen LogP contribution is 2.21. The van der Waals surface area contributed by atoms with E-state index in [1.807, 2.05) is 41.9 Å². The highest BCUT2D eigenvalue weighted by atomic mass is 79.9. The summed E-state index contributed by atoms with van der Waals surface area (Å²) in [6.07, 6.45) is 2.19. The third kappa shape index (κ3) is 3.96. The number of nitrogens with zero attached hydrogens (tertiary/aromatic N) is 2. The molecule has 0 radical (unpaired) electrons. The molecule has 0 spiro atoms. The fraction of sp³-hybridized carbons (Fsp3) is 0.158. The number of rotatable bonds is 5. The van der Waals surface area contributed by atoms with E-state index < -0.39 is 5.82 Å². The lowest BCUT2D eigenvalue weighted by Gasteiger charge is -2.09. The minimum absolute atomic E-state index is 0.145. The van der Waals surface area contributed by atoms with E-state index in [-0.39, 0.29) is 11.6 Å². The van der Waals surface area contributed by atoms with Crippen LogP contribution in [0.2, 0.25) is 0 Å². The molecule has 0 saturated heterocycles. The lowest BCUT2D eigenvalue weighted by atomic mass is 10.1. The van der Waals surface area contributed by atoms with Crippen molar-refractivity contribution in [1.82, 2.24) is 9.78 Å². The smallest absolute Gasteiger partial charge is 0.259 e. The molecular formula is C19H17BrFN3O. The molecule has 0 fully saturated rings. The normalized spacial score (nSPS) is 10.7. The predicted octanol–water partition coefficient (Wildman–Crippen LogP) is 4.65. The van der Waals surface area contributed by atoms with Gasteiger partial charge in [0.05, 0.1) is 29.7 Å². The number of aromatic nitrogens is 2. The first kappa shape index (κ1) is 17.4. The molecule has 0 bridgehead atoms. The average Bonchev–Trinajstić information content (AvgIpc) is 3.01. The summed E-state index contributed by atoms with van der Waals surface area (Å²) in [7, 11) is 0. The van der Waals surface area contributed by atoms with E-state index in [2.05, 4.69) is 26.3 Å². The highest BCUT2D eigenvalue weighted by molar-refractivity contribution is 9.10. The van der Waals surface area contributed by atoms with Crippen LogP contribution in [0.15, 0.2) is 59.2 Å². The first-order chi connectivity index (χ1) is 12.1. The van der Waals surface area contributed by atoms with E-state index in [0.717, 1.165) is 11.3 Å². The summed E-state index contributed by atoms with van der Waals surface area (Å²) in [5, 5.41) is 6.95. The molecule has 1 amide bonds. The van der Waals surface area contributed by atoms with Crippen LogP contribution in [0.3, 0.4) is 0 Å². The van der Waals surface area contributed by atoms with Crippen LogP contribution >= 0.6 is 15.9 Å². The van der Waals surface area contributed by atoms with Crippen LogP contribution in [-0.4, -0.2) is 15.7 Å². The molecule has 0 aliphatic carbocycles. The molecule has 6 heteroatoms. The topological polar surface area (TPSA) is 46.9 Å². The van der Waals surface area contributed by atoms with Crippen molar-refractivity contribution in [2.75, 3.05) is 5.32 Å². The standard InChI is InChI=1S/C19H17BrFN3O/c1-2-18-15(11-22-24(18)12-13-6-4-3-5-7-13)19(25)23-17-9-8-14(20)10-16(17)21/h3-11H,2,12H2,1H3,(H,23,25). The predicted molar refractivity (Wildman–Crippen MR) is 99.2 cm³/mol. The van der Waals surface area contributed by atoms with E-state index in [4.69, 9.17) is 0 Å². The Bertz CT molecular complexity index is 893. The zero-order valence-electron chi connectivity index (χ0n) is 13.7. The Morgan fingerprint density at radius 1 is 1.24 bits per heavy atom. The van der Waals surface area contributed by atoms with E-state index in [1.165, 1.54) is 18.3 Å². The number of nitrogens with one attached hydrogen (secondary N) is 1. The Hall–Kier alpha value is -2.47. The minimum Gasteiger partial charge on any atom is -0.319 e. The van der Waals surface area contributed by atoms with Crippen molar-refractivity contribution >= 4 is 27.5 Å². The molecule has 1 heterocycles. The van der Waals surface area contributed by atoms with Gasteiger partial charge in [0.15, 0.2) is 0 Å². The van der Waals surface area contributed by atoms with Gasteiger partial charge in [-0.25, -0.2) is 4.39 Å². The molecule has 1 aromatic heterocycles. The average molecular weight is 402 g/mol. The van der Waals surface area contributed by atoms with Crippen molar-refractivity contribution in [1.29, 1.82) is 0 Å². The Morgan fingerprint density at radius 2 is 2.00 bits per heavy atom. The number of benzene rings is 2. The minimum atomic E-state index is -0.488. The molecule has 0 aliphatic rings. The summed E-state index contributed by atoms with van der Waals surface area (Å²) in [4.78, 5) is 12.6. The zero-order chi connectivity index (χ0) is 17.8. The first-order valence-corrected chi connectivity index (χ1v) is 8.72. The van der Waals surface area contributed by atoms with Gasteiger partial charge in [0.2, 0.25) is 0 Å². The Morgan fingerprint density at radius 3 is 2.68 bits per heavy atom. The Balaban J connectivity index is 1.83. The van der Waals surface area contributed by atoms with Gasteiger partial charge in [0, 0.05) is 4.47 Å². The van der Waals surface area contributed by atoms with Crippen LogP contribution in [0.1, 0.15) is 28.5 Å². The van der Waals surface area contributed by atoms with Gasteiger partial charge in [0.25, 0.3) is 5.91 Å². The quantitative estimate of drug-likeness (QED) is 0.676. The molecule has 1 N–H and O–H groups in total. The van der Waals surface area contributed by atoms with Gasteiger partial charge in [-0.3, -0.25) is 9.48 Å². The van der Waals surface area contributed by atoms with Crippen molar-refractivity contribution in [3.63, 3.8) is 0 Å². The maximum absolute atomic E-state index is 13.9. The van der Waals surface area contributed by atoms with Crippen LogP contribution in [0.4, 0.5) is 10.1 Å². The summed E-state index contributed by atoms with van der Waals surface area (Å²) in [5.41, 5.74) is 2.52.